The molecule has 6 nitrogen and oxygen atoms in total. The Labute approximate surface area is 121 Å². The van der Waals surface area contributed by atoms with Gasteiger partial charge in [0.1, 0.15) is 5.76 Å². The Morgan fingerprint density at radius 2 is 2.30 bits per heavy atom. The average molecular weight is 295 g/mol. The van der Waals surface area contributed by atoms with Crippen molar-refractivity contribution in [3.8, 4) is 11.5 Å². The number of aromatic nitrogens is 2. The molecule has 0 fully saturated rings. The lowest BCUT2D eigenvalue weighted by atomic mass is 10.3. The zero-order chi connectivity index (χ0) is 14.5. The molecule has 0 bridgehead atoms. The molecule has 1 amide bonds. The van der Waals surface area contributed by atoms with Crippen LogP contribution in [0.1, 0.15) is 26.0 Å². The first-order chi connectivity index (χ1) is 9.61. The van der Waals surface area contributed by atoms with Crippen LogP contribution in [0.4, 0.5) is 0 Å². The van der Waals surface area contributed by atoms with E-state index in [-0.39, 0.29) is 11.2 Å². The van der Waals surface area contributed by atoms with Crippen LogP contribution in [0.15, 0.2) is 26.4 Å². The minimum absolute atomic E-state index is 0.0314. The molecule has 1 N–H and O–H groups in total. The Hall–Kier alpha value is -1.76. The number of nitrogens with zero attached hydrogens (tertiary/aromatic N) is 2. The molecule has 20 heavy (non-hydrogen) atoms. The number of thioether (sulfide) groups is 1. The zero-order valence-electron chi connectivity index (χ0n) is 11.7. The van der Waals surface area contributed by atoms with Crippen LogP contribution in [-0.4, -0.2) is 27.9 Å². The summed E-state index contributed by atoms with van der Waals surface area (Å²) in [5.41, 5.74) is 0.771. The molecule has 1 unspecified atom stereocenters. The monoisotopic (exact) mass is 295 g/mol. The van der Waals surface area contributed by atoms with Crippen molar-refractivity contribution >= 4 is 17.7 Å². The number of hydrogen-bond donors (Lipinski definition) is 1. The van der Waals surface area contributed by atoms with Gasteiger partial charge in [0.15, 0.2) is 0 Å². The molecule has 7 heteroatoms. The Morgan fingerprint density at radius 3 is 2.95 bits per heavy atom. The van der Waals surface area contributed by atoms with Crippen LogP contribution in [-0.2, 0) is 4.79 Å². The highest BCUT2D eigenvalue weighted by Gasteiger charge is 2.19. The molecule has 2 aromatic rings. The second kappa shape index (κ2) is 6.60. The lowest BCUT2D eigenvalue weighted by molar-refractivity contribution is -0.120. The van der Waals surface area contributed by atoms with E-state index in [9.17, 15) is 4.79 Å². The molecule has 0 saturated heterocycles. The number of hydrogen-bond acceptors (Lipinski definition) is 6. The second-order valence-electron chi connectivity index (χ2n) is 4.31. The van der Waals surface area contributed by atoms with Gasteiger partial charge in [-0.2, -0.15) is 0 Å². The fourth-order valence-electron chi connectivity index (χ4n) is 1.57. The summed E-state index contributed by atoms with van der Waals surface area (Å²) in [6.07, 6.45) is 2.48. The van der Waals surface area contributed by atoms with Gasteiger partial charge in [-0.15, -0.1) is 10.2 Å². The van der Waals surface area contributed by atoms with Gasteiger partial charge in [-0.05, 0) is 26.3 Å². The van der Waals surface area contributed by atoms with Crippen molar-refractivity contribution in [2.75, 3.05) is 6.54 Å². The van der Waals surface area contributed by atoms with E-state index in [1.165, 1.54) is 11.8 Å². The normalized spacial score (nSPS) is 12.3. The van der Waals surface area contributed by atoms with Crippen LogP contribution >= 0.6 is 11.8 Å². The maximum atomic E-state index is 11.8. The van der Waals surface area contributed by atoms with Crippen molar-refractivity contribution in [3.63, 3.8) is 0 Å². The third-order valence-electron chi connectivity index (χ3n) is 2.69. The van der Waals surface area contributed by atoms with Gasteiger partial charge in [-0.3, -0.25) is 4.79 Å². The molecule has 0 spiro atoms. The van der Waals surface area contributed by atoms with Crippen LogP contribution in [0.5, 0.6) is 0 Å². The Kier molecular flexibility index (Phi) is 4.84. The number of amides is 1. The number of aryl methyl sites for hydroxylation is 1. The van der Waals surface area contributed by atoms with Crippen LogP contribution in [0.25, 0.3) is 11.5 Å². The highest BCUT2D eigenvalue weighted by atomic mass is 32.2. The van der Waals surface area contributed by atoms with Crippen molar-refractivity contribution in [2.45, 2.75) is 37.7 Å². The number of carbonyl (C=O) groups excluding carboxylic acids is 1. The number of nitrogens with one attached hydrogen (secondary N) is 1. The van der Waals surface area contributed by atoms with E-state index in [0.717, 1.165) is 17.7 Å². The summed E-state index contributed by atoms with van der Waals surface area (Å²) in [4.78, 5) is 11.8. The summed E-state index contributed by atoms with van der Waals surface area (Å²) >= 11 is 1.24. The van der Waals surface area contributed by atoms with E-state index in [2.05, 4.69) is 15.5 Å². The lowest BCUT2D eigenvalue weighted by Gasteiger charge is -2.08. The van der Waals surface area contributed by atoms with E-state index >= 15 is 0 Å². The van der Waals surface area contributed by atoms with E-state index in [1.807, 2.05) is 20.8 Å². The van der Waals surface area contributed by atoms with Crippen LogP contribution < -0.4 is 5.32 Å². The van der Waals surface area contributed by atoms with Gasteiger partial charge < -0.3 is 14.2 Å². The standard InChI is InChI=1S/C13H17N3O3S/c1-4-6-14-11(17)9(3)20-13-16-15-12(19-13)10-5-7-18-8(10)2/h5,7,9H,4,6H2,1-3H3,(H,14,17). The van der Waals surface area contributed by atoms with Gasteiger partial charge in [0, 0.05) is 6.54 Å². The minimum Gasteiger partial charge on any atom is -0.469 e. The lowest BCUT2D eigenvalue weighted by Crippen LogP contribution is -2.31. The van der Waals surface area contributed by atoms with Crippen molar-refractivity contribution in [3.05, 3.63) is 18.1 Å². The van der Waals surface area contributed by atoms with E-state index < -0.39 is 0 Å². The van der Waals surface area contributed by atoms with Gasteiger partial charge in [-0.25, -0.2) is 0 Å². The summed E-state index contributed by atoms with van der Waals surface area (Å²) in [6.45, 7) is 6.32. The third kappa shape index (κ3) is 3.41. The van der Waals surface area contributed by atoms with E-state index in [1.54, 1.807) is 12.3 Å². The summed E-state index contributed by atoms with van der Waals surface area (Å²) in [7, 11) is 0. The molecule has 0 aromatic carbocycles. The highest BCUT2D eigenvalue weighted by Crippen LogP contribution is 2.28. The summed E-state index contributed by atoms with van der Waals surface area (Å²) in [6, 6.07) is 1.77. The number of furan rings is 1. The molecule has 0 aliphatic rings. The molecule has 1 atom stereocenters. The topological polar surface area (TPSA) is 81.2 Å². The van der Waals surface area contributed by atoms with E-state index in [4.69, 9.17) is 8.83 Å². The zero-order valence-corrected chi connectivity index (χ0v) is 12.5. The maximum Gasteiger partial charge on any atom is 0.277 e. The van der Waals surface area contributed by atoms with Gasteiger partial charge in [0.05, 0.1) is 17.1 Å². The highest BCUT2D eigenvalue weighted by molar-refractivity contribution is 8.00. The minimum atomic E-state index is -0.278. The quantitative estimate of drug-likeness (QED) is 0.825. The van der Waals surface area contributed by atoms with Gasteiger partial charge in [0.25, 0.3) is 11.1 Å². The van der Waals surface area contributed by atoms with Crippen molar-refractivity contribution in [1.82, 2.24) is 15.5 Å². The van der Waals surface area contributed by atoms with Crippen molar-refractivity contribution < 1.29 is 13.6 Å². The molecule has 0 saturated carbocycles. The first-order valence-corrected chi connectivity index (χ1v) is 7.32. The predicted molar refractivity (Wildman–Crippen MR) is 75.4 cm³/mol. The smallest absolute Gasteiger partial charge is 0.277 e. The molecule has 0 aliphatic heterocycles. The molecule has 108 valence electrons. The molecule has 2 aromatic heterocycles. The molecule has 0 aliphatic carbocycles. The van der Waals surface area contributed by atoms with Crippen molar-refractivity contribution in [1.29, 1.82) is 0 Å². The maximum absolute atomic E-state index is 11.8. The molecular formula is C13H17N3O3S. The van der Waals surface area contributed by atoms with E-state index in [0.29, 0.717) is 17.7 Å². The summed E-state index contributed by atoms with van der Waals surface area (Å²) in [5, 5.41) is 10.8. The van der Waals surface area contributed by atoms with Gasteiger partial charge >= 0.3 is 0 Å². The van der Waals surface area contributed by atoms with Gasteiger partial charge in [0.2, 0.25) is 5.91 Å². The third-order valence-corrected chi connectivity index (χ3v) is 3.63. The Balaban J connectivity index is 1.99. The largest absolute Gasteiger partial charge is 0.469 e. The Bertz CT molecular complexity index is 579. The first kappa shape index (κ1) is 14.6. The number of carbonyl (C=O) groups is 1. The van der Waals surface area contributed by atoms with Crippen LogP contribution in [0.2, 0.25) is 0 Å². The fourth-order valence-corrected chi connectivity index (χ4v) is 2.28. The second-order valence-corrected chi connectivity index (χ2v) is 5.61. The fraction of sp³-hybridized carbons (Fsp3) is 0.462. The first-order valence-electron chi connectivity index (χ1n) is 6.44. The van der Waals surface area contributed by atoms with Crippen LogP contribution in [0, 0.1) is 6.92 Å². The van der Waals surface area contributed by atoms with Gasteiger partial charge in [-0.1, -0.05) is 18.7 Å². The molecule has 2 rings (SSSR count). The molecule has 2 heterocycles. The summed E-state index contributed by atoms with van der Waals surface area (Å²) in [5.74, 6) is 1.09. The molecule has 0 radical (unpaired) electrons. The molecular weight excluding hydrogens is 278 g/mol. The predicted octanol–water partition coefficient (Wildman–Crippen LogP) is 2.64. The Morgan fingerprint density at radius 1 is 1.50 bits per heavy atom. The van der Waals surface area contributed by atoms with Crippen molar-refractivity contribution in [2.24, 2.45) is 0 Å². The van der Waals surface area contributed by atoms with Crippen LogP contribution in [0.3, 0.4) is 0 Å². The SMILES string of the molecule is CCCNC(=O)C(C)Sc1nnc(-c2ccoc2C)o1. The summed E-state index contributed by atoms with van der Waals surface area (Å²) < 4.78 is 10.7. The number of rotatable bonds is 6. The average Bonchev–Trinajstić information content (AvgIpc) is 3.04.